The minimum Gasteiger partial charge on any atom is -0.455 e. The number of nitrogens with one attached hydrogen (secondary N) is 1. The maximum Gasteiger partial charge on any atom is 0.573 e. The second-order valence-electron chi connectivity index (χ2n) is 9.38. The van der Waals surface area contributed by atoms with Crippen molar-refractivity contribution in [2.75, 3.05) is 12.4 Å². The summed E-state index contributed by atoms with van der Waals surface area (Å²) in [5, 5.41) is 2.47. The van der Waals surface area contributed by atoms with Gasteiger partial charge in [-0.05, 0) is 66.8 Å². The lowest BCUT2D eigenvalue weighted by Gasteiger charge is -2.23. The van der Waals surface area contributed by atoms with Crippen LogP contribution in [0.25, 0.3) is 5.57 Å². The number of ether oxygens (including phenoxy) is 4. The van der Waals surface area contributed by atoms with Crippen LogP contribution >= 0.6 is 37.9 Å². The molecule has 9 nitrogen and oxygen atoms in total. The topological polar surface area (TPSA) is 122 Å². The number of rotatable bonds is 10. The highest BCUT2D eigenvalue weighted by Gasteiger charge is 2.32. The number of thiol groups is 3. The monoisotopic (exact) mass is 671 g/mol. The molecule has 16 heteroatoms. The molecule has 0 aliphatic heterocycles. The largest absolute Gasteiger partial charge is 0.573 e. The number of alkyl halides is 3. The van der Waals surface area contributed by atoms with Crippen molar-refractivity contribution >= 4 is 61.0 Å². The van der Waals surface area contributed by atoms with Crippen LogP contribution in [0.4, 0.5) is 23.2 Å². The standard InChI is InChI=1S/C28H25F4N3O6S3/c1-38-17-4-2-14(3-5-17)15-10-19(29)24(26(37)35-16-8-9-34-20(12-16)25(33)36)23(11-15)39-21-7-6-18(40-27(30,31)32)13-22(21)41-28(42,43)44/h2,6-13,17,42-44H,3-5H2,1H3,(H2,33,36)(H,34,35,37). The van der Waals surface area contributed by atoms with Crippen LogP contribution in [0.2, 0.25) is 0 Å². The number of hydrogen-bond acceptors (Lipinski definition) is 10. The van der Waals surface area contributed by atoms with Gasteiger partial charge in [0.15, 0.2) is 11.5 Å². The number of allylic oxidation sites excluding steroid dienone is 1. The zero-order valence-corrected chi connectivity index (χ0v) is 25.4. The number of carbonyl (C=O) groups is 2. The van der Waals surface area contributed by atoms with Gasteiger partial charge in [0.05, 0.1) is 6.10 Å². The van der Waals surface area contributed by atoms with Crippen molar-refractivity contribution in [1.82, 2.24) is 4.98 Å². The lowest BCUT2D eigenvalue weighted by atomic mass is 9.91. The number of anilines is 1. The molecule has 1 heterocycles. The van der Waals surface area contributed by atoms with Crippen LogP contribution in [0, 0.1) is 5.82 Å². The van der Waals surface area contributed by atoms with Crippen LogP contribution < -0.4 is 25.3 Å². The maximum atomic E-state index is 15.8. The number of methoxy groups -OCH3 is 1. The van der Waals surface area contributed by atoms with E-state index in [1.807, 2.05) is 6.08 Å². The smallest absolute Gasteiger partial charge is 0.455 e. The van der Waals surface area contributed by atoms with Crippen molar-refractivity contribution in [1.29, 1.82) is 0 Å². The summed E-state index contributed by atoms with van der Waals surface area (Å²) in [6.45, 7) is 0. The number of hydrogen-bond donors (Lipinski definition) is 5. The lowest BCUT2D eigenvalue weighted by molar-refractivity contribution is -0.274. The summed E-state index contributed by atoms with van der Waals surface area (Å²) in [7, 11) is 1.59. The van der Waals surface area contributed by atoms with E-state index in [4.69, 9.17) is 19.9 Å². The van der Waals surface area contributed by atoms with Crippen LogP contribution in [0.15, 0.2) is 54.7 Å². The number of nitrogens with two attached hydrogens (primary N) is 1. The van der Waals surface area contributed by atoms with E-state index < -0.39 is 38.9 Å². The van der Waals surface area contributed by atoms with Crippen LogP contribution in [0.5, 0.6) is 23.0 Å². The zero-order valence-electron chi connectivity index (χ0n) is 22.7. The predicted octanol–water partition coefficient (Wildman–Crippen LogP) is 6.62. The van der Waals surface area contributed by atoms with E-state index in [0.29, 0.717) is 24.8 Å². The number of primary amides is 1. The zero-order chi connectivity index (χ0) is 32.2. The molecule has 1 aliphatic carbocycles. The highest BCUT2D eigenvalue weighted by Crippen LogP contribution is 2.43. The molecule has 2 aromatic carbocycles. The van der Waals surface area contributed by atoms with Crippen molar-refractivity contribution < 1.29 is 46.1 Å². The Kier molecular flexibility index (Phi) is 10.3. The summed E-state index contributed by atoms with van der Waals surface area (Å²) < 4.78 is 73.4. The fraction of sp³-hybridized carbons (Fsp3) is 0.250. The van der Waals surface area contributed by atoms with Gasteiger partial charge in [-0.1, -0.05) is 6.08 Å². The summed E-state index contributed by atoms with van der Waals surface area (Å²) in [6.07, 6.45) is -0.137. The first-order valence-corrected chi connectivity index (χ1v) is 14.0. The van der Waals surface area contributed by atoms with Crippen LogP contribution in [0.1, 0.15) is 45.7 Å². The molecule has 0 radical (unpaired) electrons. The van der Waals surface area contributed by atoms with Crippen LogP contribution in [-0.4, -0.2) is 40.0 Å². The lowest BCUT2D eigenvalue weighted by Crippen LogP contribution is -2.19. The molecule has 3 aromatic rings. The number of benzene rings is 2. The number of aromatic nitrogens is 1. The average Bonchev–Trinajstić information content (AvgIpc) is 2.92. The fourth-order valence-electron chi connectivity index (χ4n) is 4.31. The first kappa shape index (κ1) is 33.3. The number of halogens is 4. The predicted molar refractivity (Wildman–Crippen MR) is 163 cm³/mol. The van der Waals surface area contributed by atoms with Crippen molar-refractivity contribution in [3.63, 3.8) is 0 Å². The van der Waals surface area contributed by atoms with E-state index in [1.165, 1.54) is 30.5 Å². The summed E-state index contributed by atoms with van der Waals surface area (Å²) in [5.74, 6) is -4.40. The number of pyridine rings is 1. The molecule has 0 fully saturated rings. The fourth-order valence-corrected chi connectivity index (χ4v) is 4.60. The van der Waals surface area contributed by atoms with Gasteiger partial charge in [0.25, 0.3) is 11.8 Å². The SMILES string of the molecule is COC1CC=C(c2cc(F)c(C(=O)Nc3ccnc(C(N)=O)c3)c(Oc3ccc(OC(F)(F)F)cc3OC(S)(S)S)c2)CC1. The quantitative estimate of drug-likeness (QED) is 0.0933. The molecular formula is C28H25F4N3O6S3. The van der Waals surface area contributed by atoms with Crippen molar-refractivity contribution in [3.8, 4) is 23.0 Å². The first-order valence-electron chi connectivity index (χ1n) is 12.7. The summed E-state index contributed by atoms with van der Waals surface area (Å²) in [4.78, 5) is 28.7. The van der Waals surface area contributed by atoms with E-state index in [9.17, 15) is 22.8 Å². The summed E-state index contributed by atoms with van der Waals surface area (Å²) in [5.41, 5.74) is 5.79. The molecule has 1 aromatic heterocycles. The minimum atomic E-state index is -5.01. The molecule has 4 rings (SSSR count). The Morgan fingerprint density at radius 3 is 2.39 bits per heavy atom. The third kappa shape index (κ3) is 8.97. The Morgan fingerprint density at radius 1 is 1.02 bits per heavy atom. The minimum absolute atomic E-state index is 0.00358. The van der Waals surface area contributed by atoms with Gasteiger partial charge in [-0.2, -0.15) is 0 Å². The normalized spacial score (nSPS) is 15.3. The molecule has 234 valence electrons. The Bertz CT molecular complexity index is 1600. The Morgan fingerprint density at radius 2 is 1.77 bits per heavy atom. The van der Waals surface area contributed by atoms with Crippen molar-refractivity contribution in [3.05, 3.63) is 77.4 Å². The molecule has 0 saturated heterocycles. The van der Waals surface area contributed by atoms with E-state index in [0.717, 1.165) is 23.8 Å². The molecule has 0 spiro atoms. The second kappa shape index (κ2) is 13.6. The molecule has 1 aliphatic rings. The van der Waals surface area contributed by atoms with Gasteiger partial charge in [0.1, 0.15) is 28.6 Å². The second-order valence-corrected chi connectivity index (χ2v) is 12.3. The maximum absolute atomic E-state index is 15.8. The van der Waals surface area contributed by atoms with Gasteiger partial charge in [-0.25, -0.2) is 4.39 Å². The van der Waals surface area contributed by atoms with Gasteiger partial charge < -0.3 is 30.0 Å². The summed E-state index contributed by atoms with van der Waals surface area (Å²) >= 11 is 12.0. The van der Waals surface area contributed by atoms with E-state index in [1.54, 1.807) is 7.11 Å². The van der Waals surface area contributed by atoms with Gasteiger partial charge in [-0.3, -0.25) is 14.6 Å². The Hall–Kier alpha value is -3.60. The number of carbonyl (C=O) groups excluding carboxylic acids is 2. The van der Waals surface area contributed by atoms with Gasteiger partial charge >= 0.3 is 6.36 Å². The molecule has 1 atom stereocenters. The van der Waals surface area contributed by atoms with Gasteiger partial charge in [0, 0.05) is 25.1 Å². The molecule has 1 unspecified atom stereocenters. The highest BCUT2D eigenvalue weighted by molar-refractivity contribution is 8.16. The summed E-state index contributed by atoms with van der Waals surface area (Å²) in [6, 6.07) is 7.98. The molecule has 0 saturated carbocycles. The van der Waals surface area contributed by atoms with Crippen LogP contribution in [0.3, 0.4) is 0 Å². The third-order valence-corrected chi connectivity index (χ3v) is 6.51. The molecule has 2 amide bonds. The van der Waals surface area contributed by atoms with Crippen molar-refractivity contribution in [2.24, 2.45) is 5.73 Å². The number of nitrogens with zero attached hydrogens (tertiary/aromatic N) is 1. The average molecular weight is 672 g/mol. The van der Waals surface area contributed by atoms with E-state index >= 15 is 4.39 Å². The Labute approximate surface area is 265 Å². The number of amides is 2. The van der Waals surface area contributed by atoms with Crippen molar-refractivity contribution in [2.45, 2.75) is 35.3 Å². The molecule has 3 N–H and O–H groups in total. The van der Waals surface area contributed by atoms with E-state index in [-0.39, 0.29) is 34.7 Å². The highest BCUT2D eigenvalue weighted by atomic mass is 32.2. The van der Waals surface area contributed by atoms with Gasteiger partial charge in [-0.15, -0.1) is 51.1 Å². The van der Waals surface area contributed by atoms with Crippen LogP contribution in [-0.2, 0) is 4.74 Å². The Balaban J connectivity index is 1.79. The van der Waals surface area contributed by atoms with Gasteiger partial charge in [0.2, 0.25) is 3.60 Å². The molecule has 44 heavy (non-hydrogen) atoms. The first-order chi connectivity index (χ1) is 20.6. The van der Waals surface area contributed by atoms with E-state index in [2.05, 4.69) is 52.9 Å². The third-order valence-electron chi connectivity index (χ3n) is 6.23. The molecular weight excluding hydrogens is 647 g/mol. The molecule has 0 bridgehead atoms.